The zero-order valence-electron chi connectivity index (χ0n) is 22.1. The molecule has 8 rings (SSSR count). The molecule has 0 fully saturated rings. The zero-order valence-corrected chi connectivity index (χ0v) is 22.1. The van der Waals surface area contributed by atoms with E-state index in [0.29, 0.717) is 5.82 Å². The third-order valence-corrected chi connectivity index (χ3v) is 7.62. The van der Waals surface area contributed by atoms with E-state index in [1.54, 1.807) is 0 Å². The summed E-state index contributed by atoms with van der Waals surface area (Å²) in [7, 11) is 0. The van der Waals surface area contributed by atoms with Crippen LogP contribution in [0.5, 0.6) is 0 Å². The summed E-state index contributed by atoms with van der Waals surface area (Å²) < 4.78 is 0. The fourth-order valence-corrected chi connectivity index (χ4v) is 5.76. The van der Waals surface area contributed by atoms with E-state index in [9.17, 15) is 0 Å². The van der Waals surface area contributed by atoms with Crippen LogP contribution in [-0.2, 0) is 0 Å². The van der Waals surface area contributed by atoms with Gasteiger partial charge in [-0.1, -0.05) is 91.0 Å². The fourth-order valence-electron chi connectivity index (χ4n) is 5.76. The summed E-state index contributed by atoms with van der Waals surface area (Å²) in [5.41, 5.74) is 9.32. The molecule has 192 valence electrons. The Morgan fingerprint density at radius 1 is 0.488 bits per heavy atom. The molecule has 4 heteroatoms. The van der Waals surface area contributed by atoms with Gasteiger partial charge in [0, 0.05) is 39.5 Å². The van der Waals surface area contributed by atoms with Crippen molar-refractivity contribution in [2.75, 3.05) is 4.90 Å². The van der Waals surface area contributed by atoms with Crippen molar-refractivity contribution in [1.82, 2.24) is 15.0 Å². The number of anilines is 3. The molecular weight excluding hydrogens is 500 g/mol. The van der Waals surface area contributed by atoms with Gasteiger partial charge in [0.25, 0.3) is 0 Å². The first kappa shape index (κ1) is 23.3. The first-order chi connectivity index (χ1) is 20.3. The molecular formula is C37H24N4. The molecule has 0 aliphatic carbocycles. The van der Waals surface area contributed by atoms with Gasteiger partial charge in [0.2, 0.25) is 0 Å². The van der Waals surface area contributed by atoms with E-state index < -0.39 is 0 Å². The van der Waals surface area contributed by atoms with Gasteiger partial charge in [0.1, 0.15) is 5.82 Å². The standard InChI is InChI=1S/C37H24N4/c1-4-12-25(13-5-1)32-24-33(26-14-6-2-7-15-26)40-36(39-32)28-22-27-16-10-20-34-35(27)31(23-28)30-19-11-21-38-37(30)41(34)29-17-8-3-9-18-29/h1-24H. The lowest BCUT2D eigenvalue weighted by atomic mass is 9.90. The largest absolute Gasteiger partial charge is 0.294 e. The molecule has 5 aromatic carbocycles. The molecule has 41 heavy (non-hydrogen) atoms. The molecule has 0 amide bonds. The summed E-state index contributed by atoms with van der Waals surface area (Å²) in [5.74, 6) is 1.62. The maximum atomic E-state index is 5.10. The maximum absolute atomic E-state index is 5.10. The Kier molecular flexibility index (Phi) is 5.42. The Labute approximate surface area is 238 Å². The number of aromatic nitrogens is 3. The highest BCUT2D eigenvalue weighted by molar-refractivity contribution is 6.14. The molecule has 0 bridgehead atoms. The molecule has 4 nitrogen and oxygen atoms in total. The molecule has 0 N–H and O–H groups in total. The number of fused-ring (bicyclic) bond motifs is 2. The molecule has 3 heterocycles. The van der Waals surface area contributed by atoms with Crippen molar-refractivity contribution >= 4 is 28.0 Å². The van der Waals surface area contributed by atoms with Crippen molar-refractivity contribution in [3.63, 3.8) is 0 Å². The smallest absolute Gasteiger partial charge is 0.160 e. The first-order valence-corrected chi connectivity index (χ1v) is 13.7. The average Bonchev–Trinajstić information content (AvgIpc) is 3.06. The second-order valence-corrected chi connectivity index (χ2v) is 10.1. The van der Waals surface area contributed by atoms with E-state index in [2.05, 4.69) is 95.9 Å². The first-order valence-electron chi connectivity index (χ1n) is 13.7. The van der Waals surface area contributed by atoms with Crippen LogP contribution >= 0.6 is 0 Å². The van der Waals surface area contributed by atoms with Gasteiger partial charge in [-0.15, -0.1) is 0 Å². The minimum absolute atomic E-state index is 0.699. The van der Waals surface area contributed by atoms with Crippen LogP contribution in [0.1, 0.15) is 0 Å². The third-order valence-electron chi connectivity index (χ3n) is 7.62. The molecule has 2 aromatic heterocycles. The Bertz CT molecular complexity index is 1980. The van der Waals surface area contributed by atoms with Crippen LogP contribution in [0.2, 0.25) is 0 Å². The molecule has 0 saturated heterocycles. The van der Waals surface area contributed by atoms with E-state index >= 15 is 0 Å². The predicted octanol–water partition coefficient (Wildman–Crippen LogP) is 9.48. The summed E-state index contributed by atoms with van der Waals surface area (Å²) in [6.07, 6.45) is 1.86. The average molecular weight is 525 g/mol. The number of benzene rings is 5. The van der Waals surface area contributed by atoms with Crippen molar-refractivity contribution in [1.29, 1.82) is 0 Å². The van der Waals surface area contributed by atoms with Crippen LogP contribution in [0, 0.1) is 0 Å². The van der Waals surface area contributed by atoms with E-state index in [-0.39, 0.29) is 0 Å². The predicted molar refractivity (Wildman–Crippen MR) is 167 cm³/mol. The maximum Gasteiger partial charge on any atom is 0.160 e. The lowest BCUT2D eigenvalue weighted by Gasteiger charge is -2.32. The summed E-state index contributed by atoms with van der Waals surface area (Å²) in [6.45, 7) is 0. The van der Waals surface area contributed by atoms with Gasteiger partial charge >= 0.3 is 0 Å². The monoisotopic (exact) mass is 524 g/mol. The molecule has 7 aromatic rings. The fraction of sp³-hybridized carbons (Fsp3) is 0. The molecule has 0 spiro atoms. The van der Waals surface area contributed by atoms with Crippen LogP contribution in [0.15, 0.2) is 146 Å². The second-order valence-electron chi connectivity index (χ2n) is 10.1. The summed E-state index contributed by atoms with van der Waals surface area (Å²) >= 11 is 0. The number of hydrogen-bond acceptors (Lipinski definition) is 4. The highest BCUT2D eigenvalue weighted by atomic mass is 15.2. The van der Waals surface area contributed by atoms with Crippen molar-refractivity contribution in [2.45, 2.75) is 0 Å². The molecule has 0 unspecified atom stereocenters. The minimum atomic E-state index is 0.699. The third kappa shape index (κ3) is 3.97. The van der Waals surface area contributed by atoms with Gasteiger partial charge in [0.05, 0.1) is 17.1 Å². The molecule has 0 saturated carbocycles. The zero-order chi connectivity index (χ0) is 27.2. The Morgan fingerprint density at radius 3 is 1.83 bits per heavy atom. The van der Waals surface area contributed by atoms with Gasteiger partial charge in [-0.05, 0) is 59.5 Å². The highest BCUT2D eigenvalue weighted by Crippen LogP contribution is 2.50. The van der Waals surface area contributed by atoms with Crippen molar-refractivity contribution in [3.05, 3.63) is 146 Å². The van der Waals surface area contributed by atoms with Gasteiger partial charge in [-0.2, -0.15) is 0 Å². The summed E-state index contributed by atoms with van der Waals surface area (Å²) in [6, 6.07) is 48.2. The molecule has 1 aliphatic rings. The van der Waals surface area contributed by atoms with Gasteiger partial charge in [0.15, 0.2) is 5.82 Å². The van der Waals surface area contributed by atoms with Gasteiger partial charge in [-0.25, -0.2) is 15.0 Å². The van der Waals surface area contributed by atoms with E-state index in [4.69, 9.17) is 15.0 Å². The number of para-hydroxylation sites is 1. The van der Waals surface area contributed by atoms with Crippen LogP contribution in [0.3, 0.4) is 0 Å². The lowest BCUT2D eigenvalue weighted by molar-refractivity contribution is 1.17. The highest BCUT2D eigenvalue weighted by Gasteiger charge is 2.27. The Hall–Kier alpha value is -5.61. The van der Waals surface area contributed by atoms with Crippen LogP contribution in [-0.4, -0.2) is 15.0 Å². The van der Waals surface area contributed by atoms with Gasteiger partial charge in [-0.3, -0.25) is 4.90 Å². The van der Waals surface area contributed by atoms with Crippen LogP contribution in [0.25, 0.3) is 55.8 Å². The van der Waals surface area contributed by atoms with E-state index in [0.717, 1.165) is 61.8 Å². The topological polar surface area (TPSA) is 41.9 Å². The number of pyridine rings is 1. The quantitative estimate of drug-likeness (QED) is 0.230. The second kappa shape index (κ2) is 9.54. The molecule has 0 radical (unpaired) electrons. The van der Waals surface area contributed by atoms with E-state index in [1.807, 2.05) is 54.7 Å². The van der Waals surface area contributed by atoms with Crippen molar-refractivity contribution < 1.29 is 0 Å². The minimum Gasteiger partial charge on any atom is -0.294 e. The summed E-state index contributed by atoms with van der Waals surface area (Å²) in [5, 5.41) is 2.34. The Morgan fingerprint density at radius 2 is 1.15 bits per heavy atom. The number of hydrogen-bond donors (Lipinski definition) is 0. The van der Waals surface area contributed by atoms with E-state index in [1.165, 1.54) is 5.39 Å². The molecule has 1 aliphatic heterocycles. The number of nitrogens with zero attached hydrogens (tertiary/aromatic N) is 4. The van der Waals surface area contributed by atoms with Crippen molar-refractivity contribution in [2.24, 2.45) is 0 Å². The molecule has 0 atom stereocenters. The number of rotatable bonds is 4. The van der Waals surface area contributed by atoms with Gasteiger partial charge < -0.3 is 0 Å². The summed E-state index contributed by atoms with van der Waals surface area (Å²) in [4.78, 5) is 17.3. The lowest BCUT2D eigenvalue weighted by Crippen LogP contribution is -2.16. The SMILES string of the molecule is c1ccc(-c2cc(-c3ccccc3)nc(-c3cc4c5c(cccc5c3)N(c3ccccc3)c3ncccc3-4)n2)cc1. The van der Waals surface area contributed by atoms with Crippen molar-refractivity contribution in [3.8, 4) is 45.0 Å². The Balaban J connectivity index is 1.38. The van der Waals surface area contributed by atoms with Crippen LogP contribution in [0.4, 0.5) is 17.2 Å². The van der Waals surface area contributed by atoms with Crippen LogP contribution < -0.4 is 4.90 Å². The normalized spacial score (nSPS) is 11.9.